The summed E-state index contributed by atoms with van der Waals surface area (Å²) in [6, 6.07) is -0.955. The maximum Gasteiger partial charge on any atom is 0.328 e. The van der Waals surface area contributed by atoms with Crippen molar-refractivity contribution >= 4 is 41.4 Å². The summed E-state index contributed by atoms with van der Waals surface area (Å²) in [6.07, 6.45) is 5.32. The van der Waals surface area contributed by atoms with Crippen LogP contribution < -0.4 is 16.4 Å². The van der Waals surface area contributed by atoms with E-state index in [1.54, 1.807) is 11.8 Å². The molecule has 6 amide bonds. The van der Waals surface area contributed by atoms with Gasteiger partial charge in [-0.3, -0.25) is 29.8 Å². The van der Waals surface area contributed by atoms with Gasteiger partial charge in [0.2, 0.25) is 23.6 Å². The van der Waals surface area contributed by atoms with E-state index in [2.05, 4.69) is 17.6 Å². The first-order chi connectivity index (χ1) is 13.8. The highest BCUT2D eigenvalue weighted by molar-refractivity contribution is 7.99. The molecule has 2 fully saturated rings. The molecule has 2 aliphatic rings. The summed E-state index contributed by atoms with van der Waals surface area (Å²) in [4.78, 5) is 64.3. The number of hydrogen-bond acceptors (Lipinski definition) is 6. The zero-order valence-electron chi connectivity index (χ0n) is 16.8. The van der Waals surface area contributed by atoms with Crippen LogP contribution in [0.5, 0.6) is 0 Å². The number of hydrogen-bond donors (Lipinski definition) is 3. The van der Waals surface area contributed by atoms with E-state index in [-0.39, 0.29) is 6.42 Å². The summed E-state index contributed by atoms with van der Waals surface area (Å²) in [6.45, 7) is 2.94. The highest BCUT2D eigenvalue weighted by Crippen LogP contribution is 2.38. The minimum absolute atomic E-state index is 0.0218. The maximum atomic E-state index is 13.2. The van der Waals surface area contributed by atoms with Crippen molar-refractivity contribution in [1.29, 1.82) is 0 Å². The largest absolute Gasteiger partial charge is 0.369 e. The van der Waals surface area contributed by atoms with Crippen molar-refractivity contribution in [3.05, 3.63) is 0 Å². The normalized spacial score (nSPS) is 20.0. The Bertz CT molecular complexity index is 643. The average Bonchev–Trinajstić information content (AvgIpc) is 2.68. The van der Waals surface area contributed by atoms with Crippen LogP contribution in [0.15, 0.2) is 0 Å². The molecule has 1 atom stereocenters. The van der Waals surface area contributed by atoms with E-state index in [4.69, 9.17) is 5.73 Å². The van der Waals surface area contributed by atoms with Crippen molar-refractivity contribution in [2.24, 2.45) is 17.1 Å². The fraction of sp³-hybridized carbons (Fsp3) is 0.737. The lowest BCUT2D eigenvalue weighted by molar-refractivity contribution is -0.162. The number of amides is 6. The molecule has 0 aromatic rings. The van der Waals surface area contributed by atoms with Crippen molar-refractivity contribution in [2.75, 3.05) is 24.6 Å². The van der Waals surface area contributed by atoms with Gasteiger partial charge in [0.15, 0.2) is 0 Å². The van der Waals surface area contributed by atoms with Gasteiger partial charge in [-0.2, -0.15) is 11.8 Å². The average molecular weight is 427 g/mol. The number of nitrogens with two attached hydrogens (primary N) is 1. The lowest BCUT2D eigenvalue weighted by Gasteiger charge is -2.40. The molecule has 2 saturated heterocycles. The Morgan fingerprint density at radius 1 is 1.03 bits per heavy atom. The van der Waals surface area contributed by atoms with E-state index >= 15 is 0 Å². The number of nitrogens with zero attached hydrogens (tertiary/aromatic N) is 1. The van der Waals surface area contributed by atoms with Crippen LogP contribution in [0.4, 0.5) is 4.79 Å². The summed E-state index contributed by atoms with van der Waals surface area (Å²) in [5, 5.41) is 4.13. The highest BCUT2D eigenvalue weighted by atomic mass is 32.2. The number of imide groups is 2. The fourth-order valence-electron chi connectivity index (χ4n) is 3.92. The molecule has 10 heteroatoms. The Kier molecular flexibility index (Phi) is 8.48. The molecule has 0 radical (unpaired) electrons. The number of carbonyl (C=O) groups excluding carboxylic acids is 5. The van der Waals surface area contributed by atoms with Gasteiger partial charge in [0.25, 0.3) is 0 Å². The Balaban J connectivity index is 2.28. The van der Waals surface area contributed by atoms with Gasteiger partial charge in [0.1, 0.15) is 11.3 Å². The lowest BCUT2D eigenvalue weighted by Crippen LogP contribution is -2.68. The van der Waals surface area contributed by atoms with Crippen molar-refractivity contribution < 1.29 is 24.0 Å². The zero-order chi connectivity index (χ0) is 21.4. The third-order valence-electron chi connectivity index (χ3n) is 5.54. The SMILES string of the molecule is CCCCCCCCC1(C(C(N)=O)C(=O)N2CCSCC2)C(=O)NC(=O)NC1=O. The van der Waals surface area contributed by atoms with Crippen LogP contribution >= 0.6 is 11.8 Å². The van der Waals surface area contributed by atoms with Crippen molar-refractivity contribution in [2.45, 2.75) is 51.9 Å². The predicted octanol–water partition coefficient (Wildman–Crippen LogP) is 0.766. The van der Waals surface area contributed by atoms with Crippen LogP contribution in [-0.2, 0) is 19.2 Å². The Hall–Kier alpha value is -2.10. The van der Waals surface area contributed by atoms with Gasteiger partial charge in [0, 0.05) is 24.6 Å². The van der Waals surface area contributed by atoms with Gasteiger partial charge in [-0.05, 0) is 6.42 Å². The molecule has 0 spiro atoms. The zero-order valence-corrected chi connectivity index (χ0v) is 17.6. The molecule has 2 heterocycles. The van der Waals surface area contributed by atoms with Crippen LogP contribution in [0.1, 0.15) is 51.9 Å². The number of rotatable bonds is 10. The van der Waals surface area contributed by atoms with Crippen molar-refractivity contribution in [3.8, 4) is 0 Å². The minimum Gasteiger partial charge on any atom is -0.369 e. The third kappa shape index (κ3) is 5.29. The van der Waals surface area contributed by atoms with Crippen molar-refractivity contribution in [1.82, 2.24) is 15.5 Å². The molecule has 162 valence electrons. The second-order valence-electron chi connectivity index (χ2n) is 7.50. The Morgan fingerprint density at radius 3 is 2.14 bits per heavy atom. The standard InChI is InChI=1S/C19H30N4O5S/c1-2-3-4-5-6-7-8-19(16(26)21-18(28)22-17(19)27)13(14(20)24)15(25)23-9-11-29-12-10-23/h13H,2-12H2,1H3,(H2,20,24)(H2,21,22,26,27,28). The molecule has 0 aromatic carbocycles. The molecule has 0 aliphatic carbocycles. The topological polar surface area (TPSA) is 139 Å². The number of thioether (sulfide) groups is 1. The molecule has 2 aliphatic heterocycles. The molecule has 9 nitrogen and oxygen atoms in total. The van der Waals surface area contributed by atoms with E-state index in [9.17, 15) is 24.0 Å². The molecule has 29 heavy (non-hydrogen) atoms. The van der Waals surface area contributed by atoms with E-state index in [0.29, 0.717) is 31.0 Å². The molecule has 2 rings (SSSR count). The molecule has 0 bridgehead atoms. The summed E-state index contributed by atoms with van der Waals surface area (Å²) in [5.41, 5.74) is 3.55. The number of unbranched alkanes of at least 4 members (excludes halogenated alkanes) is 5. The van der Waals surface area contributed by atoms with Crippen molar-refractivity contribution in [3.63, 3.8) is 0 Å². The molecule has 4 N–H and O–H groups in total. The van der Waals surface area contributed by atoms with Gasteiger partial charge >= 0.3 is 6.03 Å². The van der Waals surface area contributed by atoms with Crippen LogP contribution in [0.2, 0.25) is 0 Å². The van der Waals surface area contributed by atoms with E-state index < -0.39 is 41.0 Å². The highest BCUT2D eigenvalue weighted by Gasteiger charge is 2.60. The summed E-state index contributed by atoms with van der Waals surface area (Å²) in [7, 11) is 0. The van der Waals surface area contributed by atoms with Gasteiger partial charge in [0.05, 0.1) is 0 Å². The monoisotopic (exact) mass is 426 g/mol. The van der Waals surface area contributed by atoms with Gasteiger partial charge in [-0.1, -0.05) is 45.4 Å². The molecular weight excluding hydrogens is 396 g/mol. The number of barbiturate groups is 1. The fourth-order valence-corrected chi connectivity index (χ4v) is 4.83. The first-order valence-corrected chi connectivity index (χ1v) is 11.3. The molecular formula is C19H30N4O5S. The molecule has 0 aromatic heterocycles. The Morgan fingerprint density at radius 2 is 1.59 bits per heavy atom. The van der Waals surface area contributed by atoms with Crippen LogP contribution in [-0.4, -0.2) is 59.2 Å². The Labute approximate surface area is 174 Å². The van der Waals surface area contributed by atoms with Crippen LogP contribution in [0.25, 0.3) is 0 Å². The van der Waals surface area contributed by atoms with E-state index in [1.165, 1.54) is 4.90 Å². The number of primary amides is 1. The van der Waals surface area contributed by atoms with Gasteiger partial charge in [-0.25, -0.2) is 4.79 Å². The second-order valence-corrected chi connectivity index (χ2v) is 8.72. The van der Waals surface area contributed by atoms with Crippen LogP contribution in [0, 0.1) is 11.3 Å². The number of urea groups is 1. The summed E-state index contributed by atoms with van der Waals surface area (Å²) >= 11 is 1.68. The summed E-state index contributed by atoms with van der Waals surface area (Å²) in [5.74, 6) is -3.74. The first kappa shape index (κ1) is 23.2. The number of nitrogens with one attached hydrogen (secondary N) is 2. The molecule has 1 unspecified atom stereocenters. The van der Waals surface area contributed by atoms with Gasteiger partial charge in [-0.15, -0.1) is 0 Å². The number of carbonyl (C=O) groups is 5. The third-order valence-corrected chi connectivity index (χ3v) is 6.48. The van der Waals surface area contributed by atoms with Crippen LogP contribution in [0.3, 0.4) is 0 Å². The smallest absolute Gasteiger partial charge is 0.328 e. The van der Waals surface area contributed by atoms with E-state index in [0.717, 1.165) is 32.1 Å². The van der Waals surface area contributed by atoms with Gasteiger partial charge < -0.3 is 10.6 Å². The lowest BCUT2D eigenvalue weighted by atomic mass is 9.68. The minimum atomic E-state index is -2.01. The quantitative estimate of drug-likeness (QED) is 0.348. The molecule has 0 saturated carbocycles. The predicted molar refractivity (Wildman–Crippen MR) is 109 cm³/mol. The summed E-state index contributed by atoms with van der Waals surface area (Å²) < 4.78 is 0. The maximum absolute atomic E-state index is 13.2. The first-order valence-electron chi connectivity index (χ1n) is 10.2. The second kappa shape index (κ2) is 10.6. The van der Waals surface area contributed by atoms with E-state index in [1.807, 2.05) is 0 Å².